The maximum absolute atomic E-state index is 11.7. The first-order valence-corrected chi connectivity index (χ1v) is 7.45. The normalized spacial score (nSPS) is 10.7. The zero-order valence-corrected chi connectivity index (χ0v) is 13.1. The van der Waals surface area contributed by atoms with Crippen LogP contribution < -0.4 is 4.74 Å². The van der Waals surface area contributed by atoms with E-state index in [-0.39, 0.29) is 0 Å². The number of carbonyl (C=O) groups excluding carboxylic acids is 1. The Morgan fingerprint density at radius 2 is 2.04 bits per heavy atom. The summed E-state index contributed by atoms with van der Waals surface area (Å²) in [5.74, 6) is 0.674. The van der Waals surface area contributed by atoms with Gasteiger partial charge in [-0.15, -0.1) is 0 Å². The fourth-order valence-corrected chi connectivity index (χ4v) is 2.27. The number of para-hydroxylation sites is 2. The number of aromatic nitrogens is 1. The van der Waals surface area contributed by atoms with E-state index in [9.17, 15) is 4.79 Å². The zero-order chi connectivity index (χ0) is 16.4. The van der Waals surface area contributed by atoms with Gasteiger partial charge in [0.25, 0.3) is 0 Å². The Morgan fingerprint density at radius 1 is 1.26 bits per heavy atom. The third-order valence-electron chi connectivity index (χ3n) is 3.53. The van der Waals surface area contributed by atoms with E-state index in [1.54, 1.807) is 13.0 Å². The molecule has 0 unspecified atom stereocenters. The number of ether oxygens (including phenoxy) is 1. The number of fused-ring (bicyclic) bond motifs is 1. The molecule has 0 aliphatic heterocycles. The van der Waals surface area contributed by atoms with Crippen molar-refractivity contribution in [3.63, 3.8) is 0 Å². The molecule has 3 rings (SSSR count). The quantitative estimate of drug-likeness (QED) is 0.403. The average molecular weight is 307 g/mol. The Labute approximate surface area is 134 Å². The van der Waals surface area contributed by atoms with Crippen molar-refractivity contribution in [2.75, 3.05) is 0 Å². The highest BCUT2D eigenvalue weighted by atomic mass is 16.5. The zero-order valence-electron chi connectivity index (χ0n) is 13.1. The molecule has 1 heterocycles. The van der Waals surface area contributed by atoms with Gasteiger partial charge in [0.15, 0.2) is 5.58 Å². The lowest BCUT2D eigenvalue weighted by Crippen LogP contribution is -2.09. The molecule has 0 fully saturated rings. The lowest BCUT2D eigenvalue weighted by Gasteiger charge is -2.09. The summed E-state index contributed by atoms with van der Waals surface area (Å²) in [6.45, 7) is 7.23. The van der Waals surface area contributed by atoms with Gasteiger partial charge in [0.05, 0.1) is 0 Å². The molecule has 1 aromatic heterocycles. The van der Waals surface area contributed by atoms with Gasteiger partial charge in [-0.1, -0.05) is 25.6 Å². The molecule has 0 bridgehead atoms. The first-order valence-electron chi connectivity index (χ1n) is 7.45. The van der Waals surface area contributed by atoms with Crippen molar-refractivity contribution in [1.82, 2.24) is 4.98 Å². The topological polar surface area (TPSA) is 52.3 Å². The fraction of sp³-hybridized carbons (Fsp3) is 0.158. The number of benzene rings is 2. The van der Waals surface area contributed by atoms with Crippen LogP contribution in [0.2, 0.25) is 0 Å². The largest absolute Gasteiger partial charge is 0.436 e. The van der Waals surface area contributed by atoms with Crippen molar-refractivity contribution in [2.45, 2.75) is 20.3 Å². The lowest BCUT2D eigenvalue weighted by molar-refractivity contribution is -0.130. The van der Waals surface area contributed by atoms with Crippen LogP contribution in [0.15, 0.2) is 59.0 Å². The standard InChI is InChI=1S/C19H17NO3/c1-4-13-11-14(9-10-16(13)23-19(21)12(2)3)18-20-15-7-5-6-8-17(15)22-18/h5-11H,2,4H2,1,3H3. The number of aryl methyl sites for hydroxylation is 1. The molecule has 0 atom stereocenters. The Kier molecular flexibility index (Phi) is 3.98. The summed E-state index contributed by atoms with van der Waals surface area (Å²) < 4.78 is 11.1. The molecule has 3 aromatic rings. The van der Waals surface area contributed by atoms with E-state index in [1.807, 2.05) is 43.3 Å². The molecule has 0 saturated carbocycles. The maximum Gasteiger partial charge on any atom is 0.338 e. The maximum atomic E-state index is 11.7. The van der Waals surface area contributed by atoms with Crippen molar-refractivity contribution in [3.05, 3.63) is 60.2 Å². The van der Waals surface area contributed by atoms with Gasteiger partial charge in [-0.2, -0.15) is 0 Å². The van der Waals surface area contributed by atoms with Crippen LogP contribution in [-0.2, 0) is 11.2 Å². The Balaban J connectivity index is 1.98. The SMILES string of the molecule is C=C(C)C(=O)Oc1ccc(-c2nc3ccccc3o2)cc1CC. The second-order valence-electron chi connectivity index (χ2n) is 5.33. The molecule has 0 saturated heterocycles. The molecule has 0 N–H and O–H groups in total. The molecule has 4 nitrogen and oxygen atoms in total. The first-order chi connectivity index (χ1) is 11.1. The van der Waals surface area contributed by atoms with Crippen LogP contribution in [-0.4, -0.2) is 11.0 Å². The van der Waals surface area contributed by atoms with E-state index in [2.05, 4.69) is 11.6 Å². The van der Waals surface area contributed by atoms with Crippen LogP contribution in [0.4, 0.5) is 0 Å². The number of carbonyl (C=O) groups is 1. The van der Waals surface area contributed by atoms with E-state index < -0.39 is 5.97 Å². The lowest BCUT2D eigenvalue weighted by atomic mass is 10.1. The smallest absolute Gasteiger partial charge is 0.338 e. The molecule has 4 heteroatoms. The van der Waals surface area contributed by atoms with Crippen LogP contribution in [0.3, 0.4) is 0 Å². The molecule has 0 radical (unpaired) electrons. The van der Waals surface area contributed by atoms with Gasteiger partial charge >= 0.3 is 5.97 Å². The van der Waals surface area contributed by atoms with Crippen molar-refractivity contribution in [1.29, 1.82) is 0 Å². The number of hydrogen-bond donors (Lipinski definition) is 0. The second-order valence-corrected chi connectivity index (χ2v) is 5.33. The van der Waals surface area contributed by atoms with E-state index in [0.29, 0.717) is 17.2 Å². The minimum atomic E-state index is -0.422. The van der Waals surface area contributed by atoms with Crippen molar-refractivity contribution in [3.8, 4) is 17.2 Å². The summed E-state index contributed by atoms with van der Waals surface area (Å²) in [7, 11) is 0. The molecular weight excluding hydrogens is 290 g/mol. The van der Waals surface area contributed by atoms with Crippen molar-refractivity contribution >= 4 is 17.1 Å². The molecule has 0 aliphatic carbocycles. The highest BCUT2D eigenvalue weighted by molar-refractivity contribution is 5.89. The average Bonchev–Trinajstić information content (AvgIpc) is 2.99. The molecule has 2 aromatic carbocycles. The van der Waals surface area contributed by atoms with E-state index in [1.165, 1.54) is 0 Å². The summed E-state index contributed by atoms with van der Waals surface area (Å²) in [5, 5.41) is 0. The van der Waals surface area contributed by atoms with E-state index in [0.717, 1.165) is 28.6 Å². The molecule has 0 aliphatic rings. The predicted molar refractivity (Wildman–Crippen MR) is 89.3 cm³/mol. The van der Waals surface area contributed by atoms with Gasteiger partial charge in [0, 0.05) is 11.1 Å². The van der Waals surface area contributed by atoms with Crippen LogP contribution in [0.25, 0.3) is 22.6 Å². The second kappa shape index (κ2) is 6.08. The monoisotopic (exact) mass is 307 g/mol. The molecule has 116 valence electrons. The van der Waals surface area contributed by atoms with E-state index in [4.69, 9.17) is 9.15 Å². The summed E-state index contributed by atoms with van der Waals surface area (Å²) in [6, 6.07) is 13.2. The number of nitrogens with zero attached hydrogens (tertiary/aromatic N) is 1. The highest BCUT2D eigenvalue weighted by Crippen LogP contribution is 2.29. The summed E-state index contributed by atoms with van der Waals surface area (Å²) in [6.07, 6.45) is 0.729. The third-order valence-corrected chi connectivity index (χ3v) is 3.53. The Hall–Kier alpha value is -2.88. The Morgan fingerprint density at radius 3 is 2.74 bits per heavy atom. The van der Waals surface area contributed by atoms with Gasteiger partial charge in [-0.3, -0.25) is 0 Å². The summed E-state index contributed by atoms with van der Waals surface area (Å²) in [4.78, 5) is 16.2. The Bertz CT molecular complexity index is 860. The van der Waals surface area contributed by atoms with Gasteiger partial charge in [-0.25, -0.2) is 9.78 Å². The summed E-state index contributed by atoms with van der Waals surface area (Å²) in [5.41, 5.74) is 3.71. The highest BCUT2D eigenvalue weighted by Gasteiger charge is 2.13. The van der Waals surface area contributed by atoms with Crippen molar-refractivity contribution < 1.29 is 13.9 Å². The minimum absolute atomic E-state index is 0.370. The van der Waals surface area contributed by atoms with E-state index >= 15 is 0 Å². The van der Waals surface area contributed by atoms with Crippen LogP contribution in [0.5, 0.6) is 5.75 Å². The number of esters is 1. The number of oxazole rings is 1. The van der Waals surface area contributed by atoms with Crippen LogP contribution >= 0.6 is 0 Å². The molecule has 0 spiro atoms. The molecule has 23 heavy (non-hydrogen) atoms. The predicted octanol–water partition coefficient (Wildman–Crippen LogP) is 4.54. The number of hydrogen-bond acceptors (Lipinski definition) is 4. The van der Waals surface area contributed by atoms with Crippen LogP contribution in [0, 0.1) is 0 Å². The fourth-order valence-electron chi connectivity index (χ4n) is 2.27. The molecule has 0 amide bonds. The third kappa shape index (κ3) is 3.01. The van der Waals surface area contributed by atoms with Gasteiger partial charge < -0.3 is 9.15 Å². The summed E-state index contributed by atoms with van der Waals surface area (Å²) >= 11 is 0. The van der Waals surface area contributed by atoms with Gasteiger partial charge in [-0.05, 0) is 49.2 Å². The molecular formula is C19H17NO3. The van der Waals surface area contributed by atoms with Gasteiger partial charge in [0.1, 0.15) is 11.3 Å². The van der Waals surface area contributed by atoms with Crippen molar-refractivity contribution in [2.24, 2.45) is 0 Å². The minimum Gasteiger partial charge on any atom is -0.436 e. The van der Waals surface area contributed by atoms with Crippen LogP contribution in [0.1, 0.15) is 19.4 Å². The van der Waals surface area contributed by atoms with Gasteiger partial charge in [0.2, 0.25) is 5.89 Å². The first kappa shape index (κ1) is 15.0. The number of rotatable bonds is 4.